The van der Waals surface area contributed by atoms with E-state index in [0.29, 0.717) is 5.56 Å². The van der Waals surface area contributed by atoms with Gasteiger partial charge >= 0.3 is 6.09 Å². The molecular formula is C36H45N3O5. The number of phenols is 1. The second-order valence-electron chi connectivity index (χ2n) is 12.9. The molecule has 3 N–H and O–H groups in total. The summed E-state index contributed by atoms with van der Waals surface area (Å²) in [5, 5.41) is 15.8. The number of hydrogen-bond acceptors (Lipinski definition) is 5. The normalized spacial score (nSPS) is 14.6. The first-order chi connectivity index (χ1) is 20.7. The number of amides is 3. The first kappa shape index (κ1) is 32.6. The van der Waals surface area contributed by atoms with E-state index >= 15 is 0 Å². The van der Waals surface area contributed by atoms with Gasteiger partial charge in [-0.1, -0.05) is 48.5 Å². The number of carbonyl (C=O) groups excluding carboxylic acids is 3. The van der Waals surface area contributed by atoms with Crippen molar-refractivity contribution in [1.29, 1.82) is 0 Å². The van der Waals surface area contributed by atoms with Gasteiger partial charge in [-0.25, -0.2) is 4.79 Å². The number of para-hydroxylation sites is 1. The highest BCUT2D eigenvalue weighted by Crippen LogP contribution is 2.36. The molecule has 0 saturated heterocycles. The Morgan fingerprint density at radius 2 is 1.55 bits per heavy atom. The first-order valence-electron chi connectivity index (χ1n) is 15.3. The van der Waals surface area contributed by atoms with Gasteiger partial charge in [-0.15, -0.1) is 0 Å². The molecule has 1 saturated carbocycles. The molecule has 3 amide bonds. The van der Waals surface area contributed by atoms with Crippen molar-refractivity contribution in [2.75, 3.05) is 5.32 Å². The number of aromatic hydroxyl groups is 1. The molecule has 2 unspecified atom stereocenters. The maximum atomic E-state index is 14.7. The molecule has 1 aliphatic rings. The maximum absolute atomic E-state index is 14.7. The average Bonchev–Trinajstić information content (AvgIpc) is 2.91. The van der Waals surface area contributed by atoms with Crippen LogP contribution in [0.15, 0.2) is 60.7 Å². The lowest BCUT2D eigenvalue weighted by Gasteiger charge is -2.43. The van der Waals surface area contributed by atoms with Crippen molar-refractivity contribution in [2.24, 2.45) is 0 Å². The zero-order chi connectivity index (χ0) is 32.2. The van der Waals surface area contributed by atoms with Gasteiger partial charge in [-0.2, -0.15) is 0 Å². The van der Waals surface area contributed by atoms with Gasteiger partial charge in [0.15, 0.2) is 0 Å². The van der Waals surface area contributed by atoms with Crippen molar-refractivity contribution in [3.8, 4) is 5.75 Å². The Labute approximate surface area is 260 Å². The molecule has 8 heteroatoms. The Kier molecular flexibility index (Phi) is 10.0. The third-order valence-electron chi connectivity index (χ3n) is 8.19. The van der Waals surface area contributed by atoms with Crippen LogP contribution in [0, 0.1) is 27.7 Å². The van der Waals surface area contributed by atoms with Crippen LogP contribution in [0.4, 0.5) is 10.5 Å². The van der Waals surface area contributed by atoms with Crippen LogP contribution in [0.1, 0.15) is 79.5 Å². The molecule has 0 radical (unpaired) electrons. The van der Waals surface area contributed by atoms with Gasteiger partial charge in [0.05, 0.1) is 0 Å². The van der Waals surface area contributed by atoms with Crippen LogP contribution in [0.5, 0.6) is 5.75 Å². The fourth-order valence-electron chi connectivity index (χ4n) is 5.46. The molecule has 44 heavy (non-hydrogen) atoms. The summed E-state index contributed by atoms with van der Waals surface area (Å²) in [5.41, 5.74) is 5.36. The third kappa shape index (κ3) is 7.98. The molecule has 0 heterocycles. The number of aryl methyl sites for hydroxylation is 4. The smallest absolute Gasteiger partial charge is 0.408 e. The minimum atomic E-state index is -1.02. The summed E-state index contributed by atoms with van der Waals surface area (Å²) in [6, 6.07) is 16.1. The van der Waals surface area contributed by atoms with E-state index in [1.165, 1.54) is 0 Å². The van der Waals surface area contributed by atoms with Gasteiger partial charge in [-0.05, 0) is 113 Å². The Morgan fingerprint density at radius 1 is 0.909 bits per heavy atom. The van der Waals surface area contributed by atoms with Crippen molar-refractivity contribution < 1.29 is 24.2 Å². The van der Waals surface area contributed by atoms with E-state index in [9.17, 15) is 19.5 Å². The molecule has 0 spiro atoms. The second kappa shape index (κ2) is 13.5. The van der Waals surface area contributed by atoms with Gasteiger partial charge < -0.3 is 25.4 Å². The number of alkyl carbamates (subject to hydrolysis) is 1. The Hall–Kier alpha value is -4.33. The molecule has 234 valence electrons. The summed E-state index contributed by atoms with van der Waals surface area (Å²) in [5.74, 6) is -0.578. The molecule has 2 atom stereocenters. The summed E-state index contributed by atoms with van der Waals surface area (Å²) in [6.45, 7) is 13.2. The highest BCUT2D eigenvalue weighted by Gasteiger charge is 2.42. The summed E-state index contributed by atoms with van der Waals surface area (Å²) in [6.07, 6.45) is 1.88. The largest absolute Gasteiger partial charge is 0.508 e. The van der Waals surface area contributed by atoms with Crippen LogP contribution < -0.4 is 10.6 Å². The van der Waals surface area contributed by atoms with E-state index < -0.39 is 23.8 Å². The standard InChI is InChI=1S/C36H45N3O5/c1-22-14-17-27(20-25(22)4)32(33(41)38-31-23(2)10-8-11-24(31)3)39(28-12-9-13-28)34(42)30(37-35(43)44-36(5,6)7)21-26-15-18-29(40)19-16-26/h8,10-11,14-20,28,30,32,40H,9,12-13,21H2,1-7H3,(H,37,43)(H,38,41). The number of rotatable bonds is 9. The number of ether oxygens (including phenoxy) is 1. The zero-order valence-corrected chi connectivity index (χ0v) is 26.9. The Balaban J connectivity index is 1.79. The molecule has 0 bridgehead atoms. The van der Waals surface area contributed by atoms with Gasteiger partial charge in [0, 0.05) is 18.2 Å². The second-order valence-corrected chi connectivity index (χ2v) is 12.9. The minimum Gasteiger partial charge on any atom is -0.508 e. The van der Waals surface area contributed by atoms with Crippen molar-refractivity contribution >= 4 is 23.6 Å². The minimum absolute atomic E-state index is 0.103. The molecule has 3 aromatic carbocycles. The highest BCUT2D eigenvalue weighted by atomic mass is 16.6. The van der Waals surface area contributed by atoms with Crippen LogP contribution in [-0.4, -0.2) is 45.6 Å². The predicted octanol–water partition coefficient (Wildman–Crippen LogP) is 6.82. The number of nitrogens with zero attached hydrogens (tertiary/aromatic N) is 1. The van der Waals surface area contributed by atoms with E-state index in [0.717, 1.165) is 52.8 Å². The fourth-order valence-corrected chi connectivity index (χ4v) is 5.46. The molecule has 0 aromatic heterocycles. The number of anilines is 1. The Morgan fingerprint density at radius 3 is 2.09 bits per heavy atom. The molecule has 1 aliphatic carbocycles. The maximum Gasteiger partial charge on any atom is 0.408 e. The first-order valence-corrected chi connectivity index (χ1v) is 15.3. The third-order valence-corrected chi connectivity index (χ3v) is 8.19. The molecule has 0 aliphatic heterocycles. The number of nitrogens with one attached hydrogen (secondary N) is 2. The van der Waals surface area contributed by atoms with Gasteiger partial charge in [0.1, 0.15) is 23.4 Å². The van der Waals surface area contributed by atoms with Crippen molar-refractivity contribution in [2.45, 2.75) is 97.9 Å². The monoisotopic (exact) mass is 599 g/mol. The average molecular weight is 600 g/mol. The summed E-state index contributed by atoms with van der Waals surface area (Å²) in [4.78, 5) is 43.8. The topological polar surface area (TPSA) is 108 Å². The van der Waals surface area contributed by atoms with E-state index in [1.54, 1.807) is 49.9 Å². The number of hydrogen-bond donors (Lipinski definition) is 3. The summed E-state index contributed by atoms with van der Waals surface area (Å²) >= 11 is 0. The lowest BCUT2D eigenvalue weighted by atomic mass is 9.87. The lowest BCUT2D eigenvalue weighted by Crippen LogP contribution is -2.57. The van der Waals surface area contributed by atoms with Crippen LogP contribution in [0.2, 0.25) is 0 Å². The Bertz CT molecular complexity index is 1480. The van der Waals surface area contributed by atoms with E-state index in [1.807, 2.05) is 64.1 Å². The van der Waals surface area contributed by atoms with E-state index in [-0.39, 0.29) is 30.0 Å². The van der Waals surface area contributed by atoms with Gasteiger partial charge in [0.2, 0.25) is 5.91 Å². The van der Waals surface area contributed by atoms with Crippen LogP contribution in [0.25, 0.3) is 0 Å². The quantitative estimate of drug-likeness (QED) is 0.250. The lowest BCUT2D eigenvalue weighted by molar-refractivity contribution is -0.145. The molecule has 8 nitrogen and oxygen atoms in total. The zero-order valence-electron chi connectivity index (χ0n) is 26.9. The van der Waals surface area contributed by atoms with E-state index in [4.69, 9.17) is 4.74 Å². The van der Waals surface area contributed by atoms with Crippen LogP contribution in [0.3, 0.4) is 0 Å². The highest BCUT2D eigenvalue weighted by molar-refractivity contribution is 6.00. The summed E-state index contributed by atoms with van der Waals surface area (Å²) in [7, 11) is 0. The van der Waals surface area contributed by atoms with Crippen molar-refractivity contribution in [3.05, 3.63) is 94.0 Å². The van der Waals surface area contributed by atoms with Gasteiger partial charge in [-0.3, -0.25) is 9.59 Å². The number of phenolic OH excluding ortho intramolecular Hbond substituents is 1. The molecule has 1 fully saturated rings. The van der Waals surface area contributed by atoms with Crippen LogP contribution in [-0.2, 0) is 20.7 Å². The predicted molar refractivity (Wildman–Crippen MR) is 173 cm³/mol. The summed E-state index contributed by atoms with van der Waals surface area (Å²) < 4.78 is 5.54. The SMILES string of the molecule is Cc1ccc(C(C(=O)Nc2c(C)cccc2C)N(C(=O)C(Cc2ccc(O)cc2)NC(=O)OC(C)(C)C)C2CCC2)cc1C. The van der Waals surface area contributed by atoms with Crippen molar-refractivity contribution in [3.63, 3.8) is 0 Å². The fraction of sp³-hybridized carbons (Fsp3) is 0.417. The van der Waals surface area contributed by atoms with Crippen LogP contribution >= 0.6 is 0 Å². The van der Waals surface area contributed by atoms with Crippen molar-refractivity contribution in [1.82, 2.24) is 10.2 Å². The molecule has 4 rings (SSSR count). The van der Waals surface area contributed by atoms with Gasteiger partial charge in [0.25, 0.3) is 5.91 Å². The van der Waals surface area contributed by atoms with E-state index in [2.05, 4.69) is 10.6 Å². The molecular weight excluding hydrogens is 554 g/mol. The molecule has 3 aromatic rings. The number of carbonyl (C=O) groups is 3. The number of benzene rings is 3.